The largest absolute Gasteiger partial charge is 0.478 e. The summed E-state index contributed by atoms with van der Waals surface area (Å²) in [6, 6.07) is 3.48. The molecule has 17 heavy (non-hydrogen) atoms. The maximum atomic E-state index is 10.8. The maximum absolute atomic E-state index is 10.8. The quantitative estimate of drug-likeness (QED) is 0.792. The van der Waals surface area contributed by atoms with Gasteiger partial charge in [-0.25, -0.2) is 9.78 Å². The third-order valence-corrected chi connectivity index (χ3v) is 2.47. The molecule has 0 radical (unpaired) electrons. The van der Waals surface area contributed by atoms with Gasteiger partial charge in [-0.15, -0.1) is 0 Å². The van der Waals surface area contributed by atoms with Gasteiger partial charge in [-0.1, -0.05) is 0 Å². The third kappa shape index (κ3) is 4.03. The fourth-order valence-electron chi connectivity index (χ4n) is 1.49. The molecule has 0 spiro atoms. The number of nitrogens with zero attached hydrogens (tertiary/aromatic N) is 1. The summed E-state index contributed by atoms with van der Waals surface area (Å²) in [5.74, 6) is -0.259. The van der Waals surface area contributed by atoms with Crippen molar-refractivity contribution in [3.05, 3.63) is 23.4 Å². The molecule has 2 N–H and O–H groups in total. The fraction of sp³-hybridized carbons (Fsp3) is 0.500. The van der Waals surface area contributed by atoms with Crippen molar-refractivity contribution < 1.29 is 14.6 Å². The van der Waals surface area contributed by atoms with Crippen molar-refractivity contribution in [2.75, 3.05) is 19.0 Å². The molecule has 1 unspecified atom stereocenters. The van der Waals surface area contributed by atoms with Gasteiger partial charge >= 0.3 is 5.97 Å². The molecule has 0 bridgehead atoms. The van der Waals surface area contributed by atoms with Crippen molar-refractivity contribution in [2.45, 2.75) is 26.3 Å². The van der Waals surface area contributed by atoms with Gasteiger partial charge in [0.25, 0.3) is 0 Å². The lowest BCUT2D eigenvalue weighted by Crippen LogP contribution is -2.18. The summed E-state index contributed by atoms with van der Waals surface area (Å²) in [5, 5.41) is 12.1. The second-order valence-electron chi connectivity index (χ2n) is 3.96. The van der Waals surface area contributed by atoms with Gasteiger partial charge in [-0.2, -0.15) is 0 Å². The zero-order valence-electron chi connectivity index (χ0n) is 10.4. The number of aromatic carboxylic acids is 1. The van der Waals surface area contributed by atoms with Crippen molar-refractivity contribution in [3.63, 3.8) is 0 Å². The van der Waals surface area contributed by atoms with E-state index in [0.29, 0.717) is 18.1 Å². The smallest absolute Gasteiger partial charge is 0.337 e. The molecule has 0 aliphatic carbocycles. The Morgan fingerprint density at radius 1 is 1.59 bits per heavy atom. The van der Waals surface area contributed by atoms with Crippen LogP contribution in [0.15, 0.2) is 12.1 Å². The minimum Gasteiger partial charge on any atom is -0.478 e. The lowest BCUT2D eigenvalue weighted by atomic mass is 10.2. The molecule has 0 aliphatic heterocycles. The van der Waals surface area contributed by atoms with Gasteiger partial charge in [0.2, 0.25) is 0 Å². The summed E-state index contributed by atoms with van der Waals surface area (Å²) in [5.41, 5.74) is 0.751. The van der Waals surface area contributed by atoms with Crippen LogP contribution < -0.4 is 5.32 Å². The first kappa shape index (κ1) is 13.4. The molecule has 0 saturated carbocycles. The number of carbonyl (C=O) groups is 1. The average molecular weight is 238 g/mol. The molecule has 1 aromatic heterocycles. The molecule has 0 fully saturated rings. The van der Waals surface area contributed by atoms with Crippen LogP contribution in [0, 0.1) is 6.92 Å². The number of rotatable bonds is 6. The molecule has 0 amide bonds. The van der Waals surface area contributed by atoms with Crippen LogP contribution in [0.4, 0.5) is 5.82 Å². The van der Waals surface area contributed by atoms with Crippen molar-refractivity contribution in [1.29, 1.82) is 0 Å². The first-order chi connectivity index (χ1) is 8.04. The second-order valence-corrected chi connectivity index (χ2v) is 3.96. The number of pyridine rings is 1. The Hall–Kier alpha value is -1.62. The number of methoxy groups -OCH3 is 1. The van der Waals surface area contributed by atoms with E-state index < -0.39 is 5.97 Å². The minimum atomic E-state index is -0.950. The average Bonchev–Trinajstić information content (AvgIpc) is 2.26. The fourth-order valence-corrected chi connectivity index (χ4v) is 1.49. The number of aromatic nitrogens is 1. The lowest BCUT2D eigenvalue weighted by molar-refractivity contribution is 0.0695. The summed E-state index contributed by atoms with van der Waals surface area (Å²) in [6.07, 6.45) is 0.873. The van der Waals surface area contributed by atoms with E-state index in [4.69, 9.17) is 9.84 Å². The molecule has 0 aliphatic rings. The van der Waals surface area contributed by atoms with E-state index in [1.165, 1.54) is 0 Å². The molecule has 1 atom stereocenters. The van der Waals surface area contributed by atoms with Crippen molar-refractivity contribution >= 4 is 11.8 Å². The topological polar surface area (TPSA) is 71.5 Å². The van der Waals surface area contributed by atoms with Gasteiger partial charge < -0.3 is 15.2 Å². The first-order valence-corrected chi connectivity index (χ1v) is 5.51. The van der Waals surface area contributed by atoms with Crippen LogP contribution in [0.25, 0.3) is 0 Å². The van der Waals surface area contributed by atoms with Crippen LogP contribution in [0.1, 0.15) is 29.4 Å². The van der Waals surface area contributed by atoms with E-state index in [9.17, 15) is 4.79 Å². The number of carboxylic acids is 1. The highest BCUT2D eigenvalue weighted by molar-refractivity contribution is 5.89. The second kappa shape index (κ2) is 6.20. The van der Waals surface area contributed by atoms with Crippen LogP contribution in [-0.2, 0) is 4.74 Å². The van der Waals surface area contributed by atoms with Gasteiger partial charge in [0.1, 0.15) is 5.82 Å². The SMILES string of the molecule is COCCC(C)Nc1ccc(C(=O)O)c(C)n1. The van der Waals surface area contributed by atoms with Gasteiger partial charge in [0, 0.05) is 19.8 Å². The predicted octanol–water partition coefficient (Wildman–Crippen LogP) is 1.93. The van der Waals surface area contributed by atoms with E-state index in [1.54, 1.807) is 26.2 Å². The van der Waals surface area contributed by atoms with E-state index in [-0.39, 0.29) is 11.6 Å². The number of hydrogen-bond donors (Lipinski definition) is 2. The Morgan fingerprint density at radius 2 is 2.29 bits per heavy atom. The van der Waals surface area contributed by atoms with Crippen molar-refractivity contribution in [3.8, 4) is 0 Å². The predicted molar refractivity (Wildman–Crippen MR) is 65.5 cm³/mol. The van der Waals surface area contributed by atoms with Gasteiger partial charge in [0.05, 0.1) is 11.3 Å². The molecule has 1 heterocycles. The molecule has 1 aromatic rings. The Morgan fingerprint density at radius 3 is 2.82 bits per heavy atom. The summed E-state index contributed by atoms with van der Waals surface area (Å²) >= 11 is 0. The number of carboxylic acid groups (broad SMARTS) is 1. The summed E-state index contributed by atoms with van der Waals surface area (Å²) < 4.78 is 4.99. The Kier molecular flexibility index (Phi) is 4.90. The summed E-state index contributed by atoms with van der Waals surface area (Å²) in [7, 11) is 1.66. The van der Waals surface area contributed by atoms with Crippen LogP contribution in [0.3, 0.4) is 0 Å². The van der Waals surface area contributed by atoms with E-state index in [1.807, 2.05) is 6.92 Å². The molecular weight excluding hydrogens is 220 g/mol. The van der Waals surface area contributed by atoms with Gasteiger partial charge in [0.15, 0.2) is 0 Å². The highest BCUT2D eigenvalue weighted by atomic mass is 16.5. The van der Waals surface area contributed by atoms with Crippen LogP contribution in [0.5, 0.6) is 0 Å². The summed E-state index contributed by atoms with van der Waals surface area (Å²) in [6.45, 7) is 4.40. The highest BCUT2D eigenvalue weighted by Gasteiger charge is 2.09. The number of ether oxygens (including phenoxy) is 1. The van der Waals surface area contributed by atoms with Crippen molar-refractivity contribution in [2.24, 2.45) is 0 Å². The van der Waals surface area contributed by atoms with Crippen LogP contribution in [-0.4, -0.2) is 35.8 Å². The van der Waals surface area contributed by atoms with Crippen LogP contribution >= 0.6 is 0 Å². The molecule has 0 saturated heterocycles. The molecule has 0 aromatic carbocycles. The molecule has 5 nitrogen and oxygen atoms in total. The normalized spacial score (nSPS) is 12.2. The minimum absolute atomic E-state index is 0.234. The third-order valence-electron chi connectivity index (χ3n) is 2.47. The number of aryl methyl sites for hydroxylation is 1. The Bertz CT molecular complexity index is 393. The van der Waals surface area contributed by atoms with Crippen LogP contribution in [0.2, 0.25) is 0 Å². The highest BCUT2D eigenvalue weighted by Crippen LogP contribution is 2.12. The van der Waals surface area contributed by atoms with Crippen molar-refractivity contribution in [1.82, 2.24) is 4.98 Å². The number of anilines is 1. The molecule has 5 heteroatoms. The molecular formula is C12H18N2O3. The van der Waals surface area contributed by atoms with E-state index >= 15 is 0 Å². The zero-order chi connectivity index (χ0) is 12.8. The first-order valence-electron chi connectivity index (χ1n) is 5.51. The zero-order valence-corrected chi connectivity index (χ0v) is 10.4. The molecule has 94 valence electrons. The maximum Gasteiger partial charge on any atom is 0.337 e. The van der Waals surface area contributed by atoms with Gasteiger partial charge in [-0.3, -0.25) is 0 Å². The number of nitrogens with one attached hydrogen (secondary N) is 1. The Balaban J connectivity index is 2.67. The monoisotopic (exact) mass is 238 g/mol. The Labute approximate surface area is 101 Å². The molecule has 1 rings (SSSR count). The van der Waals surface area contributed by atoms with E-state index in [2.05, 4.69) is 10.3 Å². The van der Waals surface area contributed by atoms with E-state index in [0.717, 1.165) is 6.42 Å². The number of hydrogen-bond acceptors (Lipinski definition) is 4. The van der Waals surface area contributed by atoms with Gasteiger partial charge in [-0.05, 0) is 32.4 Å². The summed E-state index contributed by atoms with van der Waals surface area (Å²) in [4.78, 5) is 15.0. The standard InChI is InChI=1S/C12H18N2O3/c1-8(6-7-17-3)13-11-5-4-10(12(15)16)9(2)14-11/h4-5,8H,6-7H2,1-3H3,(H,13,14)(H,15,16). The lowest BCUT2D eigenvalue weighted by Gasteiger charge is -2.14.